The topological polar surface area (TPSA) is 105 Å². The van der Waals surface area contributed by atoms with Gasteiger partial charge in [-0.15, -0.1) is 0 Å². The van der Waals surface area contributed by atoms with Crippen LogP contribution in [0.4, 0.5) is 0 Å². The predicted octanol–water partition coefficient (Wildman–Crippen LogP) is 0.408. The maximum atomic E-state index is 11.7. The Balaban J connectivity index is 2.82. The molecule has 0 spiro atoms. The zero-order chi connectivity index (χ0) is 13.5. The van der Waals surface area contributed by atoms with Crippen LogP contribution in [0.15, 0.2) is 24.3 Å². The molecule has 0 saturated heterocycles. The van der Waals surface area contributed by atoms with Crippen molar-refractivity contribution in [2.75, 3.05) is 0 Å². The summed E-state index contributed by atoms with van der Waals surface area (Å²) in [5.74, 6) is -2.19. The number of hydrogen-bond acceptors (Lipinski definition) is 4. The van der Waals surface area contributed by atoms with E-state index in [0.717, 1.165) is 0 Å². The third kappa shape index (κ3) is 1.78. The molecule has 0 amide bonds. The van der Waals surface area contributed by atoms with Crippen molar-refractivity contribution in [2.24, 2.45) is 0 Å². The Labute approximate surface area is 106 Å². The zero-order valence-electron chi connectivity index (χ0n) is 8.70. The van der Waals surface area contributed by atoms with Gasteiger partial charge in [0.1, 0.15) is 0 Å². The molecule has 1 aliphatic carbocycles. The first kappa shape index (κ1) is 12.6. The van der Waals surface area contributed by atoms with E-state index < -0.39 is 31.6 Å². The van der Waals surface area contributed by atoms with Gasteiger partial charge in [0.25, 0.3) is 9.05 Å². The molecule has 0 bridgehead atoms. The van der Waals surface area contributed by atoms with E-state index in [1.54, 1.807) is 0 Å². The van der Waals surface area contributed by atoms with Gasteiger partial charge in [0.2, 0.25) is 16.8 Å². The Morgan fingerprint density at radius 3 is 2.22 bits per heavy atom. The van der Waals surface area contributed by atoms with E-state index in [-0.39, 0.29) is 11.1 Å². The molecule has 18 heavy (non-hydrogen) atoms. The van der Waals surface area contributed by atoms with Crippen molar-refractivity contribution in [3.63, 3.8) is 0 Å². The van der Waals surface area contributed by atoms with Gasteiger partial charge >= 0.3 is 5.71 Å². The van der Waals surface area contributed by atoms with E-state index >= 15 is 0 Å². The van der Waals surface area contributed by atoms with Crippen LogP contribution in [0.2, 0.25) is 0 Å². The molecule has 0 fully saturated rings. The van der Waals surface area contributed by atoms with Crippen molar-refractivity contribution in [2.45, 2.75) is 5.25 Å². The SMILES string of the molecule is [N-]=[N+]=C1c2ccccc2C(=O)C(=O)C1S(=O)(=O)Cl. The summed E-state index contributed by atoms with van der Waals surface area (Å²) in [6.45, 7) is 0. The first-order valence-electron chi connectivity index (χ1n) is 4.71. The molecule has 8 heteroatoms. The summed E-state index contributed by atoms with van der Waals surface area (Å²) < 4.78 is 22.6. The molecule has 1 aromatic carbocycles. The van der Waals surface area contributed by atoms with E-state index in [9.17, 15) is 18.0 Å². The minimum absolute atomic E-state index is 0.00753. The molecule has 2 rings (SSSR count). The van der Waals surface area contributed by atoms with E-state index in [2.05, 4.69) is 4.79 Å². The first-order valence-corrected chi connectivity index (χ1v) is 7.08. The van der Waals surface area contributed by atoms with Gasteiger partial charge in [-0.05, 0) is 6.07 Å². The van der Waals surface area contributed by atoms with Crippen LogP contribution in [0.3, 0.4) is 0 Å². The molecular formula is C10H5ClN2O4S. The van der Waals surface area contributed by atoms with E-state index in [0.29, 0.717) is 0 Å². The van der Waals surface area contributed by atoms with Gasteiger partial charge in [0.05, 0.1) is 5.56 Å². The molecule has 0 N–H and O–H groups in total. The largest absolute Gasteiger partial charge is 0.361 e. The molecule has 0 saturated carbocycles. The molecule has 1 aliphatic rings. The maximum absolute atomic E-state index is 11.7. The second-order valence-corrected chi connectivity index (χ2v) is 6.29. The quantitative estimate of drug-likeness (QED) is 0.322. The minimum atomic E-state index is -4.40. The molecule has 1 aromatic rings. The van der Waals surface area contributed by atoms with Crippen molar-refractivity contribution in [1.29, 1.82) is 0 Å². The van der Waals surface area contributed by atoms with Crippen LogP contribution in [0, 0.1) is 0 Å². The molecule has 92 valence electrons. The van der Waals surface area contributed by atoms with Crippen molar-refractivity contribution in [3.8, 4) is 0 Å². The monoisotopic (exact) mass is 284 g/mol. The second kappa shape index (κ2) is 4.13. The van der Waals surface area contributed by atoms with Crippen LogP contribution < -0.4 is 0 Å². The number of hydrogen-bond donors (Lipinski definition) is 0. The summed E-state index contributed by atoms with van der Waals surface area (Å²) in [7, 11) is 0.718. The third-order valence-corrected chi connectivity index (χ3v) is 4.08. The molecule has 0 radical (unpaired) electrons. The lowest BCUT2D eigenvalue weighted by molar-refractivity contribution is -0.114. The number of Topliss-reactive ketones (excluding diaryl/α,β-unsaturated/α-hetero) is 2. The minimum Gasteiger partial charge on any atom is -0.361 e. The Kier molecular flexibility index (Phi) is 2.90. The lowest BCUT2D eigenvalue weighted by Crippen LogP contribution is -2.45. The highest BCUT2D eigenvalue weighted by atomic mass is 35.7. The molecule has 1 atom stereocenters. The smallest absolute Gasteiger partial charge is 0.327 e. The fourth-order valence-corrected chi connectivity index (χ4v) is 3.09. The van der Waals surface area contributed by atoms with Gasteiger partial charge in [-0.3, -0.25) is 9.59 Å². The normalized spacial score (nSPS) is 19.4. The summed E-state index contributed by atoms with van der Waals surface area (Å²) in [6, 6.07) is 5.75. The number of nitrogens with zero attached hydrogens (tertiary/aromatic N) is 2. The van der Waals surface area contributed by atoms with Crippen LogP contribution in [0.5, 0.6) is 0 Å². The summed E-state index contributed by atoms with van der Waals surface area (Å²) in [4.78, 5) is 26.2. The van der Waals surface area contributed by atoms with Crippen LogP contribution in [-0.2, 0) is 13.8 Å². The number of benzene rings is 1. The highest BCUT2D eigenvalue weighted by Gasteiger charge is 2.50. The molecule has 0 aliphatic heterocycles. The van der Waals surface area contributed by atoms with Gasteiger partial charge in [0.15, 0.2) is 0 Å². The number of carbonyl (C=O) groups is 2. The molecule has 6 nitrogen and oxygen atoms in total. The van der Waals surface area contributed by atoms with Crippen LogP contribution in [0.25, 0.3) is 5.53 Å². The average Bonchev–Trinajstić information content (AvgIpc) is 2.32. The van der Waals surface area contributed by atoms with Crippen LogP contribution in [-0.4, -0.2) is 35.7 Å². The van der Waals surface area contributed by atoms with Crippen molar-refractivity contribution >= 4 is 37.0 Å². The van der Waals surface area contributed by atoms with Crippen LogP contribution >= 0.6 is 10.7 Å². The number of halogens is 1. The molecular weight excluding hydrogens is 280 g/mol. The van der Waals surface area contributed by atoms with Gasteiger partial charge in [-0.1, -0.05) is 18.2 Å². The zero-order valence-corrected chi connectivity index (χ0v) is 10.3. The Bertz CT molecular complexity index is 719. The fraction of sp³-hybridized carbons (Fsp3) is 0.100. The Hall–Kier alpha value is -1.82. The van der Waals surface area contributed by atoms with Crippen molar-refractivity contribution in [1.82, 2.24) is 0 Å². The van der Waals surface area contributed by atoms with Gasteiger partial charge < -0.3 is 5.53 Å². The van der Waals surface area contributed by atoms with Gasteiger partial charge in [-0.25, -0.2) is 8.42 Å². The molecule has 1 unspecified atom stereocenters. The van der Waals surface area contributed by atoms with Gasteiger partial charge in [-0.2, -0.15) is 4.79 Å². The Morgan fingerprint density at radius 2 is 1.72 bits per heavy atom. The summed E-state index contributed by atoms with van der Waals surface area (Å²) in [5.41, 5.74) is 8.51. The number of fused-ring (bicyclic) bond motifs is 1. The van der Waals surface area contributed by atoms with Gasteiger partial charge in [0, 0.05) is 16.2 Å². The third-order valence-electron chi connectivity index (χ3n) is 2.55. The maximum Gasteiger partial charge on any atom is 0.327 e. The van der Waals surface area contributed by atoms with E-state index in [1.807, 2.05) is 0 Å². The van der Waals surface area contributed by atoms with Crippen LogP contribution in [0.1, 0.15) is 15.9 Å². The summed E-state index contributed by atoms with van der Waals surface area (Å²) >= 11 is 0. The lowest BCUT2D eigenvalue weighted by atomic mass is 9.88. The number of rotatable bonds is 1. The molecule has 0 aromatic heterocycles. The van der Waals surface area contributed by atoms with E-state index in [1.165, 1.54) is 24.3 Å². The first-order chi connectivity index (χ1) is 8.38. The molecule has 0 heterocycles. The average molecular weight is 285 g/mol. The van der Waals surface area contributed by atoms with Crippen molar-refractivity contribution in [3.05, 3.63) is 40.9 Å². The Morgan fingerprint density at radius 1 is 1.17 bits per heavy atom. The summed E-state index contributed by atoms with van der Waals surface area (Å²) in [6.07, 6.45) is 0. The predicted molar refractivity (Wildman–Crippen MR) is 62.1 cm³/mol. The highest BCUT2D eigenvalue weighted by molar-refractivity contribution is 8.15. The number of carbonyl (C=O) groups excluding carboxylic acids is 2. The summed E-state index contributed by atoms with van der Waals surface area (Å²) in [5, 5.41) is -1.97. The fourth-order valence-electron chi connectivity index (χ4n) is 1.79. The standard InChI is InChI=1S/C10H5ClN2O4S/c11-18(16,17)10-7(13-12)5-3-1-2-4-6(5)8(14)9(10)15/h1-4,10H. The highest BCUT2D eigenvalue weighted by Crippen LogP contribution is 2.24. The van der Waals surface area contributed by atoms with E-state index in [4.69, 9.17) is 16.2 Å². The van der Waals surface area contributed by atoms with Crippen molar-refractivity contribution < 1.29 is 22.8 Å². The lowest BCUT2D eigenvalue weighted by Gasteiger charge is -2.15. The number of ketones is 2. The second-order valence-electron chi connectivity index (χ2n) is 3.58.